The van der Waals surface area contributed by atoms with Crippen LogP contribution in [0.1, 0.15) is 25.3 Å². The summed E-state index contributed by atoms with van der Waals surface area (Å²) in [7, 11) is -1.10. The summed E-state index contributed by atoms with van der Waals surface area (Å²) in [5, 5.41) is 0.486. The highest BCUT2D eigenvalue weighted by molar-refractivity contribution is 7.84. The van der Waals surface area contributed by atoms with Gasteiger partial charge in [-0.1, -0.05) is 17.7 Å². The fourth-order valence-electron chi connectivity index (χ4n) is 1.98. The van der Waals surface area contributed by atoms with E-state index in [4.69, 9.17) is 11.6 Å². The molecular weight excluding hydrogens is 271 g/mol. The van der Waals surface area contributed by atoms with Crippen LogP contribution in [0.15, 0.2) is 40.6 Å². The summed E-state index contributed by atoms with van der Waals surface area (Å²) in [6.45, 7) is 1.79. The summed E-state index contributed by atoms with van der Waals surface area (Å²) >= 11 is 6.12. The van der Waals surface area contributed by atoms with Crippen LogP contribution in [0.2, 0.25) is 5.02 Å². The highest BCUT2D eigenvalue weighted by atomic mass is 35.5. The largest absolute Gasteiger partial charge is 0.255 e. The van der Waals surface area contributed by atoms with E-state index in [2.05, 4.69) is 0 Å². The van der Waals surface area contributed by atoms with Gasteiger partial charge in [-0.2, -0.15) is 0 Å². The molecule has 1 nitrogen and oxygen atoms in total. The van der Waals surface area contributed by atoms with E-state index in [9.17, 15) is 8.60 Å². The molecule has 0 amide bonds. The van der Waals surface area contributed by atoms with Crippen LogP contribution >= 0.6 is 11.6 Å². The molecule has 1 aromatic carbocycles. The Morgan fingerprint density at radius 3 is 2.78 bits per heavy atom. The molecule has 0 aromatic heterocycles. The third-order valence-electron chi connectivity index (χ3n) is 3.04. The number of hydrogen-bond acceptors (Lipinski definition) is 1. The third kappa shape index (κ3) is 2.57. The molecule has 1 atom stereocenters. The minimum absolute atomic E-state index is 0.206. The minimum Gasteiger partial charge on any atom is -0.255 e. The van der Waals surface area contributed by atoms with Crippen molar-refractivity contribution in [1.82, 2.24) is 0 Å². The lowest BCUT2D eigenvalue weighted by molar-refractivity contribution is 0.644. The molecule has 1 aliphatic carbocycles. The second kappa shape index (κ2) is 5.37. The van der Waals surface area contributed by atoms with E-state index in [-0.39, 0.29) is 5.83 Å². The molecule has 0 spiro atoms. The van der Waals surface area contributed by atoms with Gasteiger partial charge in [-0.15, -0.1) is 0 Å². The van der Waals surface area contributed by atoms with Crippen molar-refractivity contribution in [1.29, 1.82) is 0 Å². The van der Waals surface area contributed by atoms with Crippen molar-refractivity contribution >= 4 is 28.0 Å². The van der Waals surface area contributed by atoms with E-state index < -0.39 is 10.8 Å². The van der Waals surface area contributed by atoms with Crippen molar-refractivity contribution in [3.05, 3.63) is 46.3 Å². The van der Waals surface area contributed by atoms with Gasteiger partial charge < -0.3 is 0 Å². The molecule has 0 radical (unpaired) electrons. The standard InChI is InChI=1S/C14H14ClFOS/c1-9-4-3-5-11(14(9)16)12-8-10(18(2)17)6-7-13(12)15/h5-8H,3-4H2,1-2H3. The van der Waals surface area contributed by atoms with Crippen molar-refractivity contribution < 1.29 is 8.60 Å². The molecule has 2 rings (SSSR count). The Kier molecular flexibility index (Phi) is 4.03. The molecule has 4 heteroatoms. The zero-order chi connectivity index (χ0) is 13.3. The number of halogens is 2. The average Bonchev–Trinajstić information content (AvgIpc) is 2.33. The molecule has 0 aliphatic heterocycles. The molecule has 0 bridgehead atoms. The summed E-state index contributed by atoms with van der Waals surface area (Å²) in [6.07, 6.45) is 5.00. The van der Waals surface area contributed by atoms with Gasteiger partial charge in [-0.3, -0.25) is 4.21 Å². The van der Waals surface area contributed by atoms with Crippen LogP contribution < -0.4 is 0 Å². The smallest absolute Gasteiger partial charge is 0.129 e. The van der Waals surface area contributed by atoms with Gasteiger partial charge in [0.1, 0.15) is 5.83 Å². The Morgan fingerprint density at radius 2 is 2.11 bits per heavy atom. The first kappa shape index (κ1) is 13.5. The monoisotopic (exact) mass is 284 g/mol. The summed E-state index contributed by atoms with van der Waals surface area (Å²) in [4.78, 5) is 0.659. The molecule has 1 unspecified atom stereocenters. The number of benzene rings is 1. The molecule has 1 aromatic rings. The Bertz CT molecular complexity index is 575. The van der Waals surface area contributed by atoms with Crippen LogP contribution in [0.3, 0.4) is 0 Å². The second-order valence-corrected chi connectivity index (χ2v) is 6.13. The topological polar surface area (TPSA) is 17.1 Å². The summed E-state index contributed by atoms with van der Waals surface area (Å²) in [5.41, 5.74) is 1.89. The first-order valence-corrected chi connectivity index (χ1v) is 7.63. The maximum atomic E-state index is 14.1. The van der Waals surface area contributed by atoms with Gasteiger partial charge in [0.05, 0.1) is 0 Å². The Morgan fingerprint density at radius 1 is 1.39 bits per heavy atom. The first-order valence-electron chi connectivity index (χ1n) is 5.70. The zero-order valence-corrected chi connectivity index (χ0v) is 11.9. The lowest BCUT2D eigenvalue weighted by Crippen LogP contribution is -1.98. The SMILES string of the molecule is CC1=C(F)C(c2cc(S(C)=O)ccc2Cl)=CCC1. The van der Waals surface area contributed by atoms with Crippen LogP contribution in [0, 0.1) is 0 Å². The van der Waals surface area contributed by atoms with E-state index >= 15 is 0 Å². The van der Waals surface area contributed by atoms with E-state index in [1.807, 2.05) is 6.08 Å². The molecule has 0 saturated carbocycles. The van der Waals surface area contributed by atoms with Gasteiger partial charge in [-0.25, -0.2) is 4.39 Å². The Labute approximate surface area is 114 Å². The Hall–Kier alpha value is -0.930. The first-order chi connectivity index (χ1) is 8.50. The molecular formula is C14H14ClFOS. The van der Waals surface area contributed by atoms with E-state index in [0.717, 1.165) is 18.4 Å². The van der Waals surface area contributed by atoms with Gasteiger partial charge in [0.2, 0.25) is 0 Å². The number of rotatable bonds is 2. The molecule has 18 heavy (non-hydrogen) atoms. The van der Waals surface area contributed by atoms with Crippen molar-refractivity contribution in [2.75, 3.05) is 6.26 Å². The number of hydrogen-bond donors (Lipinski definition) is 0. The maximum absolute atomic E-state index is 14.1. The summed E-state index contributed by atoms with van der Waals surface area (Å²) < 4.78 is 25.6. The van der Waals surface area contributed by atoms with Gasteiger partial charge in [0, 0.05) is 38.1 Å². The van der Waals surface area contributed by atoms with Gasteiger partial charge in [0.25, 0.3) is 0 Å². The van der Waals surface area contributed by atoms with E-state index in [1.54, 1.807) is 31.4 Å². The lowest BCUT2D eigenvalue weighted by atomic mass is 9.94. The third-order valence-corrected chi connectivity index (χ3v) is 4.29. The van der Waals surface area contributed by atoms with Crippen LogP contribution in [0.25, 0.3) is 5.57 Å². The molecule has 1 aliphatic rings. The van der Waals surface area contributed by atoms with Crippen LogP contribution in [-0.2, 0) is 10.8 Å². The molecule has 0 heterocycles. The lowest BCUT2D eigenvalue weighted by Gasteiger charge is -2.15. The molecule has 0 saturated heterocycles. The maximum Gasteiger partial charge on any atom is 0.129 e. The van der Waals surface area contributed by atoms with Crippen molar-refractivity contribution in [3.8, 4) is 0 Å². The van der Waals surface area contributed by atoms with Crippen LogP contribution in [-0.4, -0.2) is 10.5 Å². The van der Waals surface area contributed by atoms with Crippen LogP contribution in [0.4, 0.5) is 4.39 Å². The second-order valence-electron chi connectivity index (χ2n) is 4.35. The quantitative estimate of drug-likeness (QED) is 0.781. The van der Waals surface area contributed by atoms with E-state index in [1.165, 1.54) is 0 Å². The predicted molar refractivity (Wildman–Crippen MR) is 74.8 cm³/mol. The summed E-state index contributed by atoms with van der Waals surface area (Å²) in [6, 6.07) is 5.09. The minimum atomic E-state index is -1.10. The highest BCUT2D eigenvalue weighted by Crippen LogP contribution is 2.37. The Balaban J connectivity index is 2.54. The zero-order valence-electron chi connectivity index (χ0n) is 10.3. The molecule has 96 valence electrons. The van der Waals surface area contributed by atoms with E-state index in [0.29, 0.717) is 21.1 Å². The van der Waals surface area contributed by atoms with Crippen LogP contribution in [0.5, 0.6) is 0 Å². The van der Waals surface area contributed by atoms with Gasteiger partial charge in [0.15, 0.2) is 0 Å². The summed E-state index contributed by atoms with van der Waals surface area (Å²) in [5.74, 6) is -0.206. The molecule has 0 fully saturated rings. The molecule has 0 N–H and O–H groups in total. The van der Waals surface area contributed by atoms with Gasteiger partial charge in [-0.05, 0) is 43.5 Å². The van der Waals surface area contributed by atoms with Crippen molar-refractivity contribution in [2.45, 2.75) is 24.7 Å². The fraction of sp³-hybridized carbons (Fsp3) is 0.286. The van der Waals surface area contributed by atoms with Crippen molar-refractivity contribution in [2.24, 2.45) is 0 Å². The van der Waals surface area contributed by atoms with Gasteiger partial charge >= 0.3 is 0 Å². The number of allylic oxidation sites excluding steroid dienone is 4. The predicted octanol–water partition coefficient (Wildman–Crippen LogP) is 4.50. The fourth-order valence-corrected chi connectivity index (χ4v) is 2.74. The highest BCUT2D eigenvalue weighted by Gasteiger charge is 2.18. The average molecular weight is 285 g/mol. The normalized spacial score (nSPS) is 17.7. The van der Waals surface area contributed by atoms with Crippen molar-refractivity contribution in [3.63, 3.8) is 0 Å².